The van der Waals surface area contributed by atoms with Gasteiger partial charge in [0.25, 0.3) is 0 Å². The van der Waals surface area contributed by atoms with Crippen molar-refractivity contribution in [2.45, 2.75) is 37.9 Å². The summed E-state index contributed by atoms with van der Waals surface area (Å²) in [7, 11) is 0. The molecule has 0 saturated carbocycles. The minimum Gasteiger partial charge on any atom is -0.491 e. The first-order valence-electron chi connectivity index (χ1n) is 11.1. The molecule has 166 valence electrons. The topological polar surface area (TPSA) is 92.1 Å². The van der Waals surface area contributed by atoms with Crippen molar-refractivity contribution >= 4 is 0 Å². The molecule has 2 rings (SSSR count). The van der Waals surface area contributed by atoms with Crippen LogP contribution in [0.4, 0.5) is 0 Å². The fourth-order valence-electron chi connectivity index (χ4n) is 3.11. The van der Waals surface area contributed by atoms with Gasteiger partial charge in [0, 0.05) is 0 Å². The Morgan fingerprint density at radius 2 is 1.00 bits per heavy atom. The molecular weight excluding hydrogens is 380 g/mol. The number of hydrogen-bond donors (Lipinski definition) is 4. The van der Waals surface area contributed by atoms with Gasteiger partial charge in [0.2, 0.25) is 0 Å². The number of unbranched alkanes of at least 4 members (excludes halogenated alkanes) is 3. The van der Waals surface area contributed by atoms with E-state index >= 15 is 0 Å². The predicted molar refractivity (Wildman–Crippen MR) is 118 cm³/mol. The lowest BCUT2D eigenvalue weighted by Crippen LogP contribution is -2.86. The van der Waals surface area contributed by atoms with Crippen molar-refractivity contribution < 1.29 is 30.3 Å². The van der Waals surface area contributed by atoms with E-state index in [0.29, 0.717) is 26.3 Å². The zero-order valence-electron chi connectivity index (χ0n) is 17.9. The molecule has 6 N–H and O–H groups in total. The summed E-state index contributed by atoms with van der Waals surface area (Å²) in [4.78, 5) is 0. The van der Waals surface area contributed by atoms with Gasteiger partial charge in [-0.3, -0.25) is 0 Å². The summed E-state index contributed by atoms with van der Waals surface area (Å²) in [5.74, 6) is 1.59. The third-order valence-electron chi connectivity index (χ3n) is 4.82. The highest BCUT2D eigenvalue weighted by Crippen LogP contribution is 2.08. The van der Waals surface area contributed by atoms with Gasteiger partial charge in [-0.15, -0.1) is 0 Å². The van der Waals surface area contributed by atoms with Crippen LogP contribution in [0, 0.1) is 0 Å². The van der Waals surface area contributed by atoms with E-state index in [1.807, 2.05) is 60.7 Å². The van der Waals surface area contributed by atoms with E-state index in [1.54, 1.807) is 0 Å². The van der Waals surface area contributed by atoms with Gasteiger partial charge in [0.15, 0.2) is 0 Å². The Kier molecular flexibility index (Phi) is 12.6. The van der Waals surface area contributed by atoms with Crippen molar-refractivity contribution in [3.63, 3.8) is 0 Å². The molecule has 0 saturated heterocycles. The molecular formula is C24H38N2O4+2. The Morgan fingerprint density at radius 1 is 0.600 bits per heavy atom. The number of rotatable bonds is 17. The van der Waals surface area contributed by atoms with Crippen molar-refractivity contribution in [1.29, 1.82) is 0 Å². The van der Waals surface area contributed by atoms with E-state index in [-0.39, 0.29) is 0 Å². The Labute approximate surface area is 180 Å². The number of nitrogens with two attached hydrogens (primary N) is 2. The lowest BCUT2D eigenvalue weighted by atomic mass is 10.2. The van der Waals surface area contributed by atoms with Crippen molar-refractivity contribution in [3.8, 4) is 11.5 Å². The quantitative estimate of drug-likeness (QED) is 0.283. The maximum atomic E-state index is 9.97. The minimum atomic E-state index is -0.447. The molecule has 0 spiro atoms. The van der Waals surface area contributed by atoms with E-state index in [2.05, 4.69) is 10.6 Å². The normalized spacial score (nSPS) is 13.0. The second-order valence-electron chi connectivity index (χ2n) is 7.60. The molecule has 0 amide bonds. The summed E-state index contributed by atoms with van der Waals surface area (Å²) in [5.41, 5.74) is 0. The third kappa shape index (κ3) is 11.8. The number of quaternary nitrogens is 2. The second kappa shape index (κ2) is 15.7. The van der Waals surface area contributed by atoms with Crippen LogP contribution in [0.1, 0.15) is 25.7 Å². The first-order chi connectivity index (χ1) is 14.7. The Balaban J connectivity index is 1.33. The van der Waals surface area contributed by atoms with Gasteiger partial charge < -0.3 is 30.3 Å². The summed E-state index contributed by atoms with van der Waals surface area (Å²) >= 11 is 0. The molecule has 0 bridgehead atoms. The average Bonchev–Trinajstić information content (AvgIpc) is 2.79. The smallest absolute Gasteiger partial charge is 0.137 e. The maximum Gasteiger partial charge on any atom is 0.137 e. The summed E-state index contributed by atoms with van der Waals surface area (Å²) in [6.07, 6.45) is 3.80. The largest absolute Gasteiger partial charge is 0.491 e. The molecule has 0 aromatic heterocycles. The van der Waals surface area contributed by atoms with E-state index in [4.69, 9.17) is 9.47 Å². The highest BCUT2D eigenvalue weighted by atomic mass is 16.5. The average molecular weight is 419 g/mol. The van der Waals surface area contributed by atoms with Crippen LogP contribution in [0.3, 0.4) is 0 Å². The van der Waals surface area contributed by atoms with Gasteiger partial charge in [0.1, 0.15) is 50.0 Å². The molecule has 2 aromatic rings. The zero-order valence-corrected chi connectivity index (χ0v) is 17.9. The molecule has 0 fully saturated rings. The fraction of sp³-hybridized carbons (Fsp3) is 0.500. The van der Waals surface area contributed by atoms with E-state index in [1.165, 1.54) is 12.8 Å². The van der Waals surface area contributed by atoms with Crippen LogP contribution in [0.25, 0.3) is 0 Å². The van der Waals surface area contributed by atoms with Crippen molar-refractivity contribution in [2.75, 3.05) is 39.4 Å². The molecule has 0 aliphatic heterocycles. The summed E-state index contributed by atoms with van der Waals surface area (Å²) < 4.78 is 11.1. The van der Waals surface area contributed by atoms with E-state index in [9.17, 15) is 10.2 Å². The number of para-hydroxylation sites is 2. The van der Waals surface area contributed by atoms with Gasteiger partial charge in [-0.1, -0.05) is 36.4 Å². The van der Waals surface area contributed by atoms with Crippen LogP contribution in [-0.2, 0) is 0 Å². The molecule has 0 unspecified atom stereocenters. The standard InChI is InChI=1S/C24H36N2O4/c27-21(19-29-23-11-5-3-6-12-23)17-25-15-9-1-2-10-16-26-18-22(28)20-30-24-13-7-4-8-14-24/h3-8,11-14,21-22,25-28H,1-2,9-10,15-20H2/p+2/t21-,22-/m0/s1. The molecule has 0 aliphatic rings. The fourth-order valence-corrected chi connectivity index (χ4v) is 3.11. The van der Waals surface area contributed by atoms with E-state index < -0.39 is 12.2 Å². The van der Waals surface area contributed by atoms with Gasteiger partial charge in [0.05, 0.1) is 13.1 Å². The van der Waals surface area contributed by atoms with E-state index in [0.717, 1.165) is 37.4 Å². The highest BCUT2D eigenvalue weighted by molar-refractivity contribution is 5.21. The third-order valence-corrected chi connectivity index (χ3v) is 4.82. The van der Waals surface area contributed by atoms with Crippen LogP contribution in [0.2, 0.25) is 0 Å². The van der Waals surface area contributed by atoms with Crippen LogP contribution in [-0.4, -0.2) is 61.8 Å². The summed E-state index contributed by atoms with van der Waals surface area (Å²) in [6.45, 7) is 4.06. The van der Waals surface area contributed by atoms with Gasteiger partial charge in [-0.05, 0) is 49.9 Å². The lowest BCUT2D eigenvalue weighted by Gasteiger charge is -2.11. The van der Waals surface area contributed by atoms with Gasteiger partial charge in [-0.2, -0.15) is 0 Å². The summed E-state index contributed by atoms with van der Waals surface area (Å²) in [6, 6.07) is 19.2. The number of aliphatic hydroxyl groups excluding tert-OH is 2. The van der Waals surface area contributed by atoms with Crippen LogP contribution >= 0.6 is 0 Å². The second-order valence-corrected chi connectivity index (χ2v) is 7.60. The molecule has 2 aromatic carbocycles. The van der Waals surface area contributed by atoms with Crippen molar-refractivity contribution in [2.24, 2.45) is 0 Å². The Bertz CT molecular complexity index is 585. The lowest BCUT2D eigenvalue weighted by molar-refractivity contribution is -0.662. The first-order valence-corrected chi connectivity index (χ1v) is 11.1. The minimum absolute atomic E-state index is 0.332. The van der Waals surface area contributed by atoms with Crippen LogP contribution in [0.5, 0.6) is 11.5 Å². The van der Waals surface area contributed by atoms with Gasteiger partial charge >= 0.3 is 0 Å². The molecule has 0 radical (unpaired) electrons. The molecule has 0 aliphatic carbocycles. The zero-order chi connectivity index (χ0) is 21.3. The van der Waals surface area contributed by atoms with Crippen LogP contribution < -0.4 is 20.1 Å². The predicted octanol–water partition coefficient (Wildman–Crippen LogP) is 0.553. The SMILES string of the molecule is O[C@@H](C[NH2+]CCCCCC[NH2+]C[C@H](O)COc1ccccc1)COc1ccccc1. The number of benzene rings is 2. The summed E-state index contributed by atoms with van der Waals surface area (Å²) in [5, 5.41) is 24.3. The van der Waals surface area contributed by atoms with Crippen LogP contribution in [0.15, 0.2) is 60.7 Å². The Morgan fingerprint density at radius 3 is 1.40 bits per heavy atom. The molecule has 6 heteroatoms. The number of ether oxygens (including phenoxy) is 2. The van der Waals surface area contributed by atoms with Crippen molar-refractivity contribution in [3.05, 3.63) is 60.7 Å². The molecule has 0 heterocycles. The monoisotopic (exact) mass is 418 g/mol. The first kappa shape index (κ1) is 24.2. The molecule has 6 nitrogen and oxygen atoms in total. The molecule has 2 atom stereocenters. The highest BCUT2D eigenvalue weighted by Gasteiger charge is 2.08. The number of aliphatic hydroxyl groups is 2. The molecule has 30 heavy (non-hydrogen) atoms. The maximum absolute atomic E-state index is 9.97. The number of hydrogen-bond acceptors (Lipinski definition) is 4. The van der Waals surface area contributed by atoms with Gasteiger partial charge in [-0.25, -0.2) is 0 Å². The van der Waals surface area contributed by atoms with Crippen molar-refractivity contribution in [1.82, 2.24) is 0 Å². The Hall–Kier alpha value is -2.12.